The van der Waals surface area contributed by atoms with Crippen molar-refractivity contribution in [2.75, 3.05) is 27.7 Å². The zero-order valence-corrected chi connectivity index (χ0v) is 56.1. The highest BCUT2D eigenvalue weighted by Crippen LogP contribution is 2.32. The van der Waals surface area contributed by atoms with Gasteiger partial charge in [0.1, 0.15) is 63.9 Å². The molecule has 0 atom stereocenters. The number of nitrogens with zero attached hydrogens (tertiary/aromatic N) is 11. The lowest BCUT2D eigenvalue weighted by molar-refractivity contribution is 0.272. The second-order valence-corrected chi connectivity index (χ2v) is 23.5. The van der Waals surface area contributed by atoms with Crippen LogP contribution in [0.25, 0.3) is 126 Å². The summed E-state index contributed by atoms with van der Waals surface area (Å²) in [6.07, 6.45) is 13.8. The molecule has 0 aliphatic carbocycles. The number of nitrogens with one attached hydrogen (secondary N) is 9. The molecule has 0 amide bonds. The van der Waals surface area contributed by atoms with E-state index in [1.54, 1.807) is 129 Å². The minimum absolute atomic E-state index is 0.0751. The fourth-order valence-corrected chi connectivity index (χ4v) is 10.7. The van der Waals surface area contributed by atoms with Gasteiger partial charge in [-0.15, -0.1) is 0 Å². The van der Waals surface area contributed by atoms with Crippen molar-refractivity contribution in [2.24, 2.45) is 0 Å². The molecule has 530 valence electrons. The molecule has 7 aromatic heterocycles. The summed E-state index contributed by atoms with van der Waals surface area (Å²) < 4.78 is 116. The number of aliphatic hydroxyl groups is 1. The molecule has 0 aliphatic heterocycles. The molecule has 0 saturated carbocycles. The number of rotatable bonds is 18. The number of hydrogen-bond donors (Lipinski definition) is 10. The van der Waals surface area contributed by atoms with Crippen molar-refractivity contribution in [1.82, 2.24) is 96.6 Å². The fraction of sp³-hybridized carbons (Fsp3) is 0.107. The lowest BCUT2D eigenvalue weighted by atomic mass is 10.1. The molecule has 15 aromatic rings. The molecule has 0 aliphatic rings. The Labute approximate surface area is 591 Å². The zero-order chi connectivity index (χ0) is 73.7. The number of ether oxygens (including phenoxy) is 1. The molecule has 0 unspecified atom stereocenters. The average molecular weight is 1430 g/mol. The summed E-state index contributed by atoms with van der Waals surface area (Å²) in [5.74, 6) is -0.778. The van der Waals surface area contributed by atoms with E-state index in [1.165, 1.54) is 78.9 Å². The second-order valence-electron chi connectivity index (χ2n) is 23.5. The summed E-state index contributed by atoms with van der Waals surface area (Å²) in [4.78, 5) is 14.8. The van der Waals surface area contributed by atoms with Gasteiger partial charge in [0.2, 0.25) is 5.90 Å². The molecule has 8 aromatic carbocycles. The van der Waals surface area contributed by atoms with Crippen LogP contribution in [0.5, 0.6) is 0 Å². The fourth-order valence-electron chi connectivity index (χ4n) is 10.7. The summed E-state index contributed by atoms with van der Waals surface area (Å²) in [5, 5.41) is 70.1. The van der Waals surface area contributed by atoms with Crippen LogP contribution in [0.3, 0.4) is 0 Å². The van der Waals surface area contributed by atoms with E-state index < -0.39 is 23.3 Å². The molecule has 22 nitrogen and oxygen atoms in total. The van der Waals surface area contributed by atoms with E-state index in [1.807, 2.05) is 19.0 Å². The predicted molar refractivity (Wildman–Crippen MR) is 386 cm³/mol. The molecule has 105 heavy (non-hydrogen) atoms. The Kier molecular flexibility index (Phi) is 22.3. The maximum Gasteiger partial charge on any atom is 0.216 e. The third kappa shape index (κ3) is 17.6. The molecular formula is C75H62F8N20O2. The number of aromatic nitrogens is 17. The second kappa shape index (κ2) is 32.6. The van der Waals surface area contributed by atoms with Crippen LogP contribution in [0.15, 0.2) is 146 Å². The number of benzene rings is 8. The van der Waals surface area contributed by atoms with E-state index in [0.717, 1.165) is 0 Å². The van der Waals surface area contributed by atoms with Crippen LogP contribution in [-0.4, -0.2) is 130 Å². The van der Waals surface area contributed by atoms with Gasteiger partial charge in [0, 0.05) is 44.3 Å². The van der Waals surface area contributed by atoms with Crippen molar-refractivity contribution in [3.63, 3.8) is 0 Å². The summed E-state index contributed by atoms with van der Waals surface area (Å²) in [6, 6.07) is 36.8. The first kappa shape index (κ1) is 71.6. The maximum absolute atomic E-state index is 14.5. The van der Waals surface area contributed by atoms with Gasteiger partial charge >= 0.3 is 0 Å². The van der Waals surface area contributed by atoms with Crippen molar-refractivity contribution in [3.05, 3.63) is 260 Å². The number of aliphatic hydroxyl groups excluding tert-OH is 1. The van der Waals surface area contributed by atoms with Crippen LogP contribution in [0.1, 0.15) is 75.0 Å². The highest BCUT2D eigenvalue weighted by atomic mass is 19.2. The Morgan fingerprint density at radius 2 is 0.848 bits per heavy atom. The number of halogens is 8. The number of hydrogen-bond acceptors (Lipinski definition) is 15. The summed E-state index contributed by atoms with van der Waals surface area (Å²) in [6.45, 7) is 2.87. The van der Waals surface area contributed by atoms with Gasteiger partial charge in [0.05, 0.1) is 53.6 Å². The SMILES string of the molecule is CCOC(=N)c1cc2c(/C=C/c3cccc(F)c3)n[nH]c2cc1F.CN(C)Cc1nc(-c2cc(F)c3n[nH]c(/C=C/c4cccc(F)c4)c3c2)n[nH]1.CNCc1nc(-c2cc(F)c3n[nH]c(/C=C/c4cccc(F)c4)c3c2)n[nH]1.OCc1nc(-c2cc(F)c3n[nH]c(/C=C/c4cccc(F)c4)c3c2)n[nH]1. The molecular weight excluding hydrogens is 1360 g/mol. The van der Waals surface area contributed by atoms with Crippen molar-refractivity contribution in [3.8, 4) is 34.2 Å². The van der Waals surface area contributed by atoms with Crippen LogP contribution >= 0.6 is 0 Å². The normalized spacial score (nSPS) is 11.6. The van der Waals surface area contributed by atoms with Crippen molar-refractivity contribution >= 4 is 98.1 Å². The Morgan fingerprint density at radius 3 is 1.24 bits per heavy atom. The smallest absolute Gasteiger partial charge is 0.216 e. The van der Waals surface area contributed by atoms with E-state index in [-0.39, 0.29) is 70.3 Å². The van der Waals surface area contributed by atoms with Gasteiger partial charge in [0.25, 0.3) is 0 Å². The standard InChI is InChI=1S/C20H18F2N6.C19H16F2N6.C18H13F2N5O.C18H15F2N3O/c1-28(2)11-18-23-20(27-25-18)13-9-15-17(24-26-19(15)16(22)10-13)7-6-12-4-3-5-14(21)8-12;1-22-10-17-23-19(27-25-17)12-8-14-16(24-26-18(14)15(21)9-12)6-5-11-3-2-4-13(20)7-11;19-12-3-1-2-10(6-12)4-5-15-13-7-11(8-14(20)17(13)24-22-15)18-21-16(9-26)23-25-18;1-2-24-18(21)13-9-14-16(22-23-17(14)10-15(13)20)7-6-11-4-3-5-12(19)8-11/h3-10H,11H2,1-2H3,(H,24,26)(H,23,25,27);2-9,22H,10H2,1H3,(H,24,26)(H,23,25,27);1-8,26H,9H2,(H,22,24)(H,21,23,25);3-10,21H,2H2,1H3,(H,22,23)/b7-6+;6-5+;5-4+;7-6+,21-18?. The van der Waals surface area contributed by atoms with Crippen LogP contribution in [0, 0.1) is 51.9 Å². The van der Waals surface area contributed by atoms with Crippen molar-refractivity contribution in [1.29, 1.82) is 5.41 Å². The number of aromatic amines is 7. The van der Waals surface area contributed by atoms with Crippen molar-refractivity contribution in [2.45, 2.75) is 26.6 Å². The van der Waals surface area contributed by atoms with E-state index in [9.17, 15) is 35.1 Å². The van der Waals surface area contributed by atoms with Gasteiger partial charge in [-0.05, 0) is 166 Å². The summed E-state index contributed by atoms with van der Waals surface area (Å²) >= 11 is 0. The maximum atomic E-state index is 14.5. The lowest BCUT2D eigenvalue weighted by Gasteiger charge is -2.06. The zero-order valence-electron chi connectivity index (χ0n) is 56.1. The Morgan fingerprint density at radius 1 is 0.448 bits per heavy atom. The molecule has 0 bridgehead atoms. The predicted octanol–water partition coefficient (Wildman–Crippen LogP) is 15.0. The third-order valence-corrected chi connectivity index (χ3v) is 15.6. The van der Waals surface area contributed by atoms with Gasteiger partial charge in [0.15, 0.2) is 40.7 Å². The number of H-pyrrole nitrogens is 7. The van der Waals surface area contributed by atoms with Gasteiger partial charge < -0.3 is 20.1 Å². The summed E-state index contributed by atoms with van der Waals surface area (Å²) in [5.41, 5.74) is 7.89. The van der Waals surface area contributed by atoms with E-state index in [0.29, 0.717) is 131 Å². The lowest BCUT2D eigenvalue weighted by Crippen LogP contribution is -2.11. The highest BCUT2D eigenvalue weighted by Gasteiger charge is 2.19. The minimum atomic E-state index is -0.551. The molecule has 0 fully saturated rings. The Bertz CT molecular complexity index is 5720. The minimum Gasteiger partial charge on any atom is -0.478 e. The van der Waals surface area contributed by atoms with Crippen LogP contribution in [0.2, 0.25) is 0 Å². The van der Waals surface area contributed by atoms with Crippen molar-refractivity contribution < 1.29 is 45.0 Å². The Balaban J connectivity index is 0.000000132. The Hall–Kier alpha value is -13.2. The van der Waals surface area contributed by atoms with Gasteiger partial charge in [-0.3, -0.25) is 41.1 Å². The highest BCUT2D eigenvalue weighted by molar-refractivity contribution is 5.99. The van der Waals surface area contributed by atoms with Gasteiger partial charge in [-0.2, -0.15) is 35.7 Å². The van der Waals surface area contributed by atoms with Gasteiger partial charge in [-0.25, -0.2) is 50.1 Å². The third-order valence-electron chi connectivity index (χ3n) is 15.6. The monoisotopic (exact) mass is 1430 g/mol. The molecule has 0 radical (unpaired) electrons. The van der Waals surface area contributed by atoms with E-state index >= 15 is 0 Å². The molecule has 30 heteroatoms. The summed E-state index contributed by atoms with van der Waals surface area (Å²) in [7, 11) is 5.66. The van der Waals surface area contributed by atoms with E-state index in [4.69, 9.17) is 15.3 Å². The van der Waals surface area contributed by atoms with Crippen LogP contribution in [-0.2, 0) is 24.4 Å². The first-order chi connectivity index (χ1) is 50.8. The molecule has 0 spiro atoms. The average Bonchev–Trinajstić information content (AvgIpc) is 1.70. The van der Waals surface area contributed by atoms with Crippen LogP contribution < -0.4 is 5.32 Å². The molecule has 10 N–H and O–H groups in total. The molecule has 0 saturated heterocycles. The van der Waals surface area contributed by atoms with Gasteiger partial charge in [-0.1, -0.05) is 72.8 Å². The first-order valence-corrected chi connectivity index (χ1v) is 32.2. The van der Waals surface area contributed by atoms with E-state index in [2.05, 4.69) is 91.7 Å². The quantitative estimate of drug-likeness (QED) is 0.0217. The largest absolute Gasteiger partial charge is 0.478 e. The topological polar surface area (TPSA) is 308 Å². The first-order valence-electron chi connectivity index (χ1n) is 32.2. The number of fused-ring (bicyclic) bond motifs is 4. The van der Waals surface area contributed by atoms with Crippen LogP contribution in [0.4, 0.5) is 35.1 Å². The molecule has 7 heterocycles. The molecule has 15 rings (SSSR count).